The zero-order valence-electron chi connectivity index (χ0n) is 10.6. The Labute approximate surface area is 97.1 Å². The molecule has 0 radical (unpaired) electrons. The summed E-state index contributed by atoms with van der Waals surface area (Å²) in [7, 11) is 2.98. The van der Waals surface area contributed by atoms with E-state index in [1.807, 2.05) is 18.7 Å². The number of nitrogens with zero attached hydrogens (tertiary/aromatic N) is 1. The summed E-state index contributed by atoms with van der Waals surface area (Å²) < 4.78 is 4.61. The third-order valence-electron chi connectivity index (χ3n) is 2.45. The Morgan fingerprint density at radius 2 is 2.06 bits per heavy atom. The number of carbonyl (C=O) groups excluding carboxylic acids is 2. The molecular weight excluding hydrogens is 208 g/mol. The number of amides is 1. The second-order valence-electron chi connectivity index (χ2n) is 3.77. The molecule has 5 heteroatoms. The normalized spacial score (nSPS) is 12.3. The average Bonchev–Trinajstić information content (AvgIpc) is 2.27. The molecule has 1 unspecified atom stereocenters. The molecule has 0 saturated carbocycles. The maximum Gasteiger partial charge on any atom is 0.307 e. The smallest absolute Gasteiger partial charge is 0.307 e. The number of hydrogen-bond acceptors (Lipinski definition) is 4. The molecule has 5 nitrogen and oxygen atoms in total. The molecule has 0 fully saturated rings. The van der Waals surface area contributed by atoms with Crippen molar-refractivity contribution < 1.29 is 14.3 Å². The minimum absolute atomic E-state index is 0.0182. The lowest BCUT2D eigenvalue weighted by molar-refractivity contribution is -0.142. The number of ether oxygens (including phenoxy) is 1. The highest BCUT2D eigenvalue weighted by molar-refractivity contribution is 5.77. The lowest BCUT2D eigenvalue weighted by atomic mass is 10.2. The van der Waals surface area contributed by atoms with E-state index in [0.717, 1.165) is 13.0 Å². The van der Waals surface area contributed by atoms with Crippen molar-refractivity contribution in [2.75, 3.05) is 27.2 Å². The molecule has 94 valence electrons. The van der Waals surface area contributed by atoms with Gasteiger partial charge in [-0.2, -0.15) is 0 Å². The third-order valence-corrected chi connectivity index (χ3v) is 2.45. The molecule has 0 spiro atoms. The summed E-state index contributed by atoms with van der Waals surface area (Å²) in [5, 5.41) is 2.58. The molecular formula is C11H22N2O3. The summed E-state index contributed by atoms with van der Waals surface area (Å²) in [4.78, 5) is 24.4. The number of rotatable bonds is 7. The molecule has 0 saturated heterocycles. The van der Waals surface area contributed by atoms with Gasteiger partial charge in [0.1, 0.15) is 0 Å². The molecule has 0 aliphatic carbocycles. The monoisotopic (exact) mass is 230 g/mol. The van der Waals surface area contributed by atoms with E-state index in [-0.39, 0.29) is 17.9 Å². The maximum atomic E-state index is 11.3. The van der Waals surface area contributed by atoms with Gasteiger partial charge in [-0.1, -0.05) is 6.92 Å². The number of methoxy groups -OCH3 is 1. The van der Waals surface area contributed by atoms with Gasteiger partial charge in [0.15, 0.2) is 0 Å². The highest BCUT2D eigenvalue weighted by Gasteiger charge is 2.18. The molecule has 0 aliphatic heterocycles. The van der Waals surface area contributed by atoms with Gasteiger partial charge in [0, 0.05) is 13.1 Å². The van der Waals surface area contributed by atoms with Crippen molar-refractivity contribution in [1.29, 1.82) is 0 Å². The average molecular weight is 230 g/mol. The van der Waals surface area contributed by atoms with E-state index in [0.29, 0.717) is 13.0 Å². The van der Waals surface area contributed by atoms with Gasteiger partial charge in [-0.3, -0.25) is 14.5 Å². The first-order valence-electron chi connectivity index (χ1n) is 5.56. The van der Waals surface area contributed by atoms with Crippen LogP contribution < -0.4 is 5.32 Å². The summed E-state index contributed by atoms with van der Waals surface area (Å²) in [5.41, 5.74) is 0. The Morgan fingerprint density at radius 1 is 1.44 bits per heavy atom. The maximum absolute atomic E-state index is 11.3. The molecule has 0 heterocycles. The zero-order chi connectivity index (χ0) is 12.6. The highest BCUT2D eigenvalue weighted by atomic mass is 16.5. The predicted octanol–water partition coefficient (Wildman–Crippen LogP) is 0.396. The highest BCUT2D eigenvalue weighted by Crippen LogP contribution is 2.05. The SMILES string of the molecule is CCCN(CC(=O)NC)C(C)CC(=O)OC. The number of hydrogen-bond donors (Lipinski definition) is 1. The van der Waals surface area contributed by atoms with E-state index >= 15 is 0 Å². The topological polar surface area (TPSA) is 58.6 Å². The van der Waals surface area contributed by atoms with E-state index in [9.17, 15) is 9.59 Å². The van der Waals surface area contributed by atoms with Gasteiger partial charge in [0.25, 0.3) is 0 Å². The Morgan fingerprint density at radius 3 is 2.50 bits per heavy atom. The van der Waals surface area contributed by atoms with Crippen LogP contribution in [0.4, 0.5) is 0 Å². The van der Waals surface area contributed by atoms with Crippen molar-refractivity contribution >= 4 is 11.9 Å². The predicted molar refractivity (Wildman–Crippen MR) is 62.0 cm³/mol. The zero-order valence-corrected chi connectivity index (χ0v) is 10.6. The molecule has 16 heavy (non-hydrogen) atoms. The number of nitrogens with one attached hydrogen (secondary N) is 1. The van der Waals surface area contributed by atoms with Gasteiger partial charge < -0.3 is 10.1 Å². The van der Waals surface area contributed by atoms with Crippen molar-refractivity contribution in [3.8, 4) is 0 Å². The summed E-state index contributed by atoms with van der Waals surface area (Å²) in [6.45, 7) is 5.09. The van der Waals surface area contributed by atoms with Gasteiger partial charge >= 0.3 is 5.97 Å². The third kappa shape index (κ3) is 5.70. The van der Waals surface area contributed by atoms with Crippen LogP contribution in [0.5, 0.6) is 0 Å². The second kappa shape index (κ2) is 8.10. The van der Waals surface area contributed by atoms with E-state index in [4.69, 9.17) is 0 Å². The molecule has 0 bridgehead atoms. The fraction of sp³-hybridized carbons (Fsp3) is 0.818. The van der Waals surface area contributed by atoms with Crippen LogP contribution in [0.2, 0.25) is 0 Å². The largest absolute Gasteiger partial charge is 0.469 e. The molecule has 1 N–H and O–H groups in total. The lowest BCUT2D eigenvalue weighted by Gasteiger charge is -2.27. The van der Waals surface area contributed by atoms with Crippen LogP contribution in [0.3, 0.4) is 0 Å². The number of carbonyl (C=O) groups is 2. The van der Waals surface area contributed by atoms with Crippen LogP contribution in [-0.2, 0) is 14.3 Å². The number of likely N-dealkylation sites (N-methyl/N-ethyl adjacent to an activating group) is 1. The molecule has 0 rings (SSSR count). The van der Waals surface area contributed by atoms with Gasteiger partial charge in [-0.05, 0) is 19.9 Å². The molecule has 0 aliphatic rings. The molecule has 0 aromatic heterocycles. The van der Waals surface area contributed by atoms with Crippen LogP contribution in [0.1, 0.15) is 26.7 Å². The minimum atomic E-state index is -0.245. The quantitative estimate of drug-likeness (QED) is 0.643. The van der Waals surface area contributed by atoms with Crippen molar-refractivity contribution in [2.45, 2.75) is 32.7 Å². The fourth-order valence-corrected chi connectivity index (χ4v) is 1.46. The number of esters is 1. The Bertz CT molecular complexity index is 231. The summed E-state index contributed by atoms with van der Waals surface area (Å²) in [5.74, 6) is -0.282. The van der Waals surface area contributed by atoms with E-state index in [1.165, 1.54) is 7.11 Å². The molecule has 0 aromatic carbocycles. The first-order chi connectivity index (χ1) is 7.54. The van der Waals surface area contributed by atoms with Crippen molar-refractivity contribution in [1.82, 2.24) is 10.2 Å². The van der Waals surface area contributed by atoms with Gasteiger partial charge in [-0.15, -0.1) is 0 Å². The molecule has 1 atom stereocenters. The van der Waals surface area contributed by atoms with Crippen molar-refractivity contribution in [3.05, 3.63) is 0 Å². The Balaban J connectivity index is 4.27. The second-order valence-corrected chi connectivity index (χ2v) is 3.77. The van der Waals surface area contributed by atoms with Crippen LogP contribution in [0.15, 0.2) is 0 Å². The first-order valence-corrected chi connectivity index (χ1v) is 5.56. The van der Waals surface area contributed by atoms with Crippen LogP contribution in [0, 0.1) is 0 Å². The van der Waals surface area contributed by atoms with Crippen LogP contribution >= 0.6 is 0 Å². The van der Waals surface area contributed by atoms with Gasteiger partial charge in [-0.25, -0.2) is 0 Å². The summed E-state index contributed by atoms with van der Waals surface area (Å²) in [6, 6.07) is 0.0182. The van der Waals surface area contributed by atoms with Crippen molar-refractivity contribution in [2.24, 2.45) is 0 Å². The molecule has 0 aromatic rings. The standard InChI is InChI=1S/C11H22N2O3/c1-5-6-13(8-10(14)12-3)9(2)7-11(15)16-4/h9H,5-8H2,1-4H3,(H,12,14). The van der Waals surface area contributed by atoms with Crippen LogP contribution in [0.25, 0.3) is 0 Å². The van der Waals surface area contributed by atoms with E-state index in [2.05, 4.69) is 10.1 Å². The van der Waals surface area contributed by atoms with Gasteiger partial charge in [0.05, 0.1) is 20.1 Å². The summed E-state index contributed by atoms with van der Waals surface area (Å²) >= 11 is 0. The Hall–Kier alpha value is -1.10. The van der Waals surface area contributed by atoms with Crippen molar-refractivity contribution in [3.63, 3.8) is 0 Å². The lowest BCUT2D eigenvalue weighted by Crippen LogP contribution is -2.42. The van der Waals surface area contributed by atoms with Gasteiger partial charge in [0.2, 0.25) is 5.91 Å². The van der Waals surface area contributed by atoms with E-state index < -0.39 is 0 Å². The minimum Gasteiger partial charge on any atom is -0.469 e. The Kier molecular flexibility index (Phi) is 7.54. The molecule has 1 amide bonds. The summed E-state index contributed by atoms with van der Waals surface area (Å²) in [6.07, 6.45) is 1.26. The van der Waals surface area contributed by atoms with Crippen LogP contribution in [-0.4, -0.2) is 50.1 Å². The first kappa shape index (κ1) is 14.9. The van der Waals surface area contributed by atoms with E-state index in [1.54, 1.807) is 7.05 Å². The fourth-order valence-electron chi connectivity index (χ4n) is 1.46.